The maximum absolute atomic E-state index is 10.4. The van der Waals surface area contributed by atoms with E-state index in [0.29, 0.717) is 0 Å². The van der Waals surface area contributed by atoms with Crippen LogP contribution in [0.15, 0.2) is 23.9 Å². The zero-order valence-electron chi connectivity index (χ0n) is 6.54. The molecular weight excluding hydrogens is 178 g/mol. The summed E-state index contributed by atoms with van der Waals surface area (Å²) in [6.45, 7) is 0. The van der Waals surface area contributed by atoms with Gasteiger partial charge >= 0.3 is 5.66 Å². The Balaban J connectivity index is 2.92. The van der Waals surface area contributed by atoms with E-state index < -0.39 is 15.5 Å². The Morgan fingerprint density at radius 2 is 2.08 bits per heavy atom. The van der Waals surface area contributed by atoms with E-state index in [1.807, 2.05) is 0 Å². The normalized spacial score (nSPS) is 26.7. The van der Waals surface area contributed by atoms with Crippen molar-refractivity contribution in [2.75, 3.05) is 0 Å². The van der Waals surface area contributed by atoms with Crippen LogP contribution in [-0.4, -0.2) is 15.5 Å². The van der Waals surface area contributed by atoms with Gasteiger partial charge in [-0.25, -0.2) is 0 Å². The predicted octanol–water partition coefficient (Wildman–Crippen LogP) is 0.0386. The van der Waals surface area contributed by atoms with Crippen LogP contribution >= 0.6 is 0 Å². The van der Waals surface area contributed by atoms with Gasteiger partial charge in [0, 0.05) is 17.1 Å². The molecule has 1 atom stereocenters. The Labute approximate surface area is 72.8 Å². The van der Waals surface area contributed by atoms with Gasteiger partial charge in [0.25, 0.3) is 5.70 Å². The molecule has 0 aromatic rings. The minimum absolute atomic E-state index is 0.248. The first-order valence-electron chi connectivity index (χ1n) is 3.42. The molecule has 0 aromatic heterocycles. The van der Waals surface area contributed by atoms with Crippen LogP contribution in [0, 0.1) is 20.2 Å². The first-order valence-corrected chi connectivity index (χ1v) is 3.42. The fourth-order valence-electron chi connectivity index (χ4n) is 0.985. The minimum atomic E-state index is -1.84. The number of allylic oxidation sites excluding steroid dienone is 2. The van der Waals surface area contributed by atoms with E-state index in [1.54, 1.807) is 0 Å². The third-order valence-corrected chi connectivity index (χ3v) is 1.71. The van der Waals surface area contributed by atoms with Crippen LogP contribution in [0.1, 0.15) is 6.42 Å². The maximum Gasteiger partial charge on any atom is 0.301 e. The zero-order chi connectivity index (χ0) is 10.1. The van der Waals surface area contributed by atoms with Crippen molar-refractivity contribution in [2.24, 2.45) is 5.73 Å². The summed E-state index contributed by atoms with van der Waals surface area (Å²) in [6.07, 6.45) is 3.18. The predicted molar refractivity (Wildman–Crippen MR) is 42.7 cm³/mol. The standard InChI is InChI=1S/C6H7N3O4/c7-6(9(12)13)3-1-2-5(4-6)8(10)11/h1-3H,4,7H2. The first kappa shape index (κ1) is 9.33. The third kappa shape index (κ3) is 1.70. The van der Waals surface area contributed by atoms with Gasteiger partial charge in [0.1, 0.15) is 6.42 Å². The second-order valence-electron chi connectivity index (χ2n) is 2.70. The molecule has 2 N–H and O–H groups in total. The highest BCUT2D eigenvalue weighted by atomic mass is 16.6. The Hall–Kier alpha value is -1.76. The molecule has 13 heavy (non-hydrogen) atoms. The zero-order valence-corrected chi connectivity index (χ0v) is 6.54. The molecule has 0 radical (unpaired) electrons. The lowest BCUT2D eigenvalue weighted by molar-refractivity contribution is -0.560. The fourth-order valence-corrected chi connectivity index (χ4v) is 0.985. The summed E-state index contributed by atoms with van der Waals surface area (Å²) in [5.74, 6) is 0. The summed E-state index contributed by atoms with van der Waals surface area (Å²) in [4.78, 5) is 19.3. The fraction of sp³-hybridized carbons (Fsp3) is 0.333. The molecule has 0 saturated heterocycles. The molecule has 0 bridgehead atoms. The lowest BCUT2D eigenvalue weighted by atomic mass is 10.0. The number of nitrogens with zero attached hydrogens (tertiary/aromatic N) is 2. The Morgan fingerprint density at radius 1 is 1.46 bits per heavy atom. The first-order chi connectivity index (χ1) is 5.96. The molecule has 0 aliphatic heterocycles. The van der Waals surface area contributed by atoms with Gasteiger partial charge in [-0.3, -0.25) is 26.0 Å². The van der Waals surface area contributed by atoms with Gasteiger partial charge in [0.2, 0.25) is 0 Å². The Bertz CT molecular complexity index is 322. The van der Waals surface area contributed by atoms with Crippen molar-refractivity contribution in [3.05, 3.63) is 44.2 Å². The molecular formula is C6H7N3O4. The summed E-state index contributed by atoms with van der Waals surface area (Å²) >= 11 is 0. The smallest absolute Gasteiger partial charge is 0.262 e. The number of nitro groups is 2. The van der Waals surface area contributed by atoms with E-state index in [2.05, 4.69) is 0 Å². The summed E-state index contributed by atoms with van der Waals surface area (Å²) in [6, 6.07) is 0. The largest absolute Gasteiger partial charge is 0.301 e. The summed E-state index contributed by atoms with van der Waals surface area (Å²) in [5, 5.41) is 20.7. The van der Waals surface area contributed by atoms with Gasteiger partial charge in [-0.15, -0.1) is 0 Å². The number of rotatable bonds is 2. The van der Waals surface area contributed by atoms with E-state index in [0.717, 1.165) is 6.08 Å². The molecule has 0 saturated carbocycles. The van der Waals surface area contributed by atoms with Crippen molar-refractivity contribution in [1.82, 2.24) is 0 Å². The second-order valence-corrected chi connectivity index (χ2v) is 2.70. The van der Waals surface area contributed by atoms with Crippen molar-refractivity contribution >= 4 is 0 Å². The Kier molecular flexibility index (Phi) is 2.11. The van der Waals surface area contributed by atoms with E-state index in [-0.39, 0.29) is 12.1 Å². The van der Waals surface area contributed by atoms with Crippen molar-refractivity contribution in [3.8, 4) is 0 Å². The molecule has 0 amide bonds. The molecule has 7 heteroatoms. The van der Waals surface area contributed by atoms with Crippen molar-refractivity contribution in [2.45, 2.75) is 12.1 Å². The van der Waals surface area contributed by atoms with Gasteiger partial charge in [-0.05, 0) is 0 Å². The molecule has 0 aromatic carbocycles. The highest BCUT2D eigenvalue weighted by Crippen LogP contribution is 2.21. The maximum atomic E-state index is 10.4. The van der Waals surface area contributed by atoms with Crippen molar-refractivity contribution in [3.63, 3.8) is 0 Å². The molecule has 1 aliphatic rings. The van der Waals surface area contributed by atoms with Crippen LogP contribution in [0.25, 0.3) is 0 Å². The molecule has 0 fully saturated rings. The number of nitrogens with two attached hydrogens (primary N) is 1. The monoisotopic (exact) mass is 185 g/mol. The SMILES string of the molecule is NC1([N+](=O)[O-])C=CC=C([N+](=O)[O-])C1. The van der Waals surface area contributed by atoms with Crippen LogP contribution in [0.4, 0.5) is 0 Å². The summed E-state index contributed by atoms with van der Waals surface area (Å²) in [5.41, 5.74) is 3.21. The average molecular weight is 185 g/mol. The van der Waals surface area contributed by atoms with Crippen LogP contribution < -0.4 is 5.73 Å². The van der Waals surface area contributed by atoms with Gasteiger partial charge in [0.15, 0.2) is 0 Å². The highest BCUT2D eigenvalue weighted by molar-refractivity contribution is 5.19. The van der Waals surface area contributed by atoms with Crippen LogP contribution in [0.3, 0.4) is 0 Å². The van der Waals surface area contributed by atoms with Crippen LogP contribution in [0.5, 0.6) is 0 Å². The van der Waals surface area contributed by atoms with E-state index in [9.17, 15) is 20.2 Å². The highest BCUT2D eigenvalue weighted by Gasteiger charge is 2.41. The van der Waals surface area contributed by atoms with E-state index in [1.165, 1.54) is 12.2 Å². The van der Waals surface area contributed by atoms with Crippen LogP contribution in [-0.2, 0) is 0 Å². The lowest BCUT2D eigenvalue weighted by Crippen LogP contribution is -2.47. The van der Waals surface area contributed by atoms with Crippen molar-refractivity contribution in [1.29, 1.82) is 0 Å². The van der Waals surface area contributed by atoms with Gasteiger partial charge in [-0.2, -0.15) is 0 Å². The van der Waals surface area contributed by atoms with Gasteiger partial charge in [-0.1, -0.05) is 6.08 Å². The van der Waals surface area contributed by atoms with E-state index >= 15 is 0 Å². The Morgan fingerprint density at radius 3 is 2.54 bits per heavy atom. The summed E-state index contributed by atoms with van der Waals surface area (Å²) < 4.78 is 0. The minimum Gasteiger partial charge on any atom is -0.262 e. The molecule has 0 heterocycles. The second kappa shape index (κ2) is 2.94. The van der Waals surface area contributed by atoms with Gasteiger partial charge in [0.05, 0.1) is 4.92 Å². The summed E-state index contributed by atoms with van der Waals surface area (Å²) in [7, 11) is 0. The molecule has 1 aliphatic carbocycles. The lowest BCUT2D eigenvalue weighted by Gasteiger charge is -2.16. The quantitative estimate of drug-likeness (QED) is 0.370. The average Bonchev–Trinajstić information content (AvgIpc) is 2.04. The topological polar surface area (TPSA) is 112 Å². The van der Waals surface area contributed by atoms with Crippen molar-refractivity contribution < 1.29 is 9.85 Å². The van der Waals surface area contributed by atoms with E-state index in [4.69, 9.17) is 5.73 Å². The van der Waals surface area contributed by atoms with Gasteiger partial charge < -0.3 is 0 Å². The molecule has 1 rings (SSSR count). The number of hydrogen-bond acceptors (Lipinski definition) is 5. The third-order valence-electron chi connectivity index (χ3n) is 1.71. The number of hydrogen-bond donors (Lipinski definition) is 1. The van der Waals surface area contributed by atoms with Crippen LogP contribution in [0.2, 0.25) is 0 Å². The molecule has 1 unspecified atom stereocenters. The molecule has 0 spiro atoms. The molecule has 7 nitrogen and oxygen atoms in total. The molecule has 70 valence electrons.